The third kappa shape index (κ3) is 3.68. The fraction of sp³-hybridized carbons (Fsp3) is 0.250. The van der Waals surface area contributed by atoms with Crippen molar-refractivity contribution in [3.05, 3.63) is 86.2 Å². The molecular formula is C20H18ClN3O3S2. The number of thiocarbonyl (C=S) groups is 1. The summed E-state index contributed by atoms with van der Waals surface area (Å²) >= 11 is 13.1. The van der Waals surface area contributed by atoms with Gasteiger partial charge in [-0.15, -0.1) is 4.74 Å². The maximum absolute atomic E-state index is 13.2. The minimum absolute atomic E-state index is 0.357. The van der Waals surface area contributed by atoms with Crippen LogP contribution in [0.4, 0.5) is 0 Å². The Morgan fingerprint density at radius 3 is 2.55 bits per heavy atom. The fourth-order valence-electron chi connectivity index (χ4n) is 3.48. The summed E-state index contributed by atoms with van der Waals surface area (Å²) in [6, 6.07) is 16.3. The molecule has 4 rings (SSSR count). The average molecular weight is 448 g/mol. The van der Waals surface area contributed by atoms with Gasteiger partial charge in [0, 0.05) is 11.6 Å². The van der Waals surface area contributed by atoms with E-state index in [1.807, 2.05) is 49.1 Å². The van der Waals surface area contributed by atoms with Crippen LogP contribution in [-0.4, -0.2) is 23.3 Å². The summed E-state index contributed by atoms with van der Waals surface area (Å²) in [7, 11) is 0. The van der Waals surface area contributed by atoms with Gasteiger partial charge in [0.15, 0.2) is 6.17 Å². The molecule has 0 unspecified atom stereocenters. The molecule has 3 aromatic rings. The van der Waals surface area contributed by atoms with Gasteiger partial charge < -0.3 is 9.42 Å². The molecule has 6 nitrogen and oxygen atoms in total. The van der Waals surface area contributed by atoms with E-state index in [1.165, 1.54) is 11.8 Å². The number of aromatic nitrogens is 2. The second kappa shape index (κ2) is 7.51. The smallest absolute Gasteiger partial charge is 0.328 e. The van der Waals surface area contributed by atoms with Crippen LogP contribution in [0.3, 0.4) is 0 Å². The third-order valence-electron chi connectivity index (χ3n) is 4.73. The summed E-state index contributed by atoms with van der Waals surface area (Å²) in [5.74, 6) is -0.768. The van der Waals surface area contributed by atoms with Crippen molar-refractivity contribution in [3.63, 3.8) is 0 Å². The molecule has 0 saturated carbocycles. The highest BCUT2D eigenvalue weighted by molar-refractivity contribution is 8.24. The Balaban J connectivity index is 1.81. The predicted octanol–water partition coefficient (Wildman–Crippen LogP) is 4.06. The van der Waals surface area contributed by atoms with E-state index >= 15 is 0 Å². The molecule has 0 aliphatic carbocycles. The van der Waals surface area contributed by atoms with Crippen molar-refractivity contribution in [1.82, 2.24) is 14.2 Å². The van der Waals surface area contributed by atoms with E-state index in [0.717, 1.165) is 14.9 Å². The van der Waals surface area contributed by atoms with Crippen molar-refractivity contribution in [2.24, 2.45) is 0 Å². The normalized spacial score (nSPS) is 18.4. The molecule has 0 spiro atoms. The molecule has 1 saturated heterocycles. The molecule has 1 aliphatic rings. The second-order valence-corrected chi connectivity index (χ2v) is 9.96. The zero-order chi connectivity index (χ0) is 20.8. The van der Waals surface area contributed by atoms with Crippen LogP contribution in [0.15, 0.2) is 68.7 Å². The fourth-order valence-corrected chi connectivity index (χ4v) is 5.53. The molecule has 0 N–H and O–H groups in total. The summed E-state index contributed by atoms with van der Waals surface area (Å²) in [5.41, 5.74) is 0.831. The molecule has 1 atom stereocenters. The maximum Gasteiger partial charge on any atom is 0.447 e. The van der Waals surface area contributed by atoms with E-state index in [-0.39, 0.29) is 0 Å². The van der Waals surface area contributed by atoms with Gasteiger partial charge in [0.2, 0.25) is 0 Å². The standard InChI is InChI=1S/C20H18ClN3O3S2/c1-20(2)16(22(19(28)29-20)12-13-7-4-3-5-8-13)24-17(25)23(18(26)27-24)15-10-6-9-14(21)11-15/h3-11,16H,12H2,1-2H3/t16-/m0/s1. The Morgan fingerprint density at radius 1 is 1.14 bits per heavy atom. The molecule has 1 fully saturated rings. The van der Waals surface area contributed by atoms with Crippen LogP contribution < -0.4 is 11.4 Å². The van der Waals surface area contributed by atoms with Crippen molar-refractivity contribution >= 4 is 39.9 Å². The summed E-state index contributed by atoms with van der Waals surface area (Å²) < 4.78 is 7.70. The molecule has 2 heterocycles. The predicted molar refractivity (Wildman–Crippen MR) is 119 cm³/mol. The van der Waals surface area contributed by atoms with E-state index in [4.69, 9.17) is 28.3 Å². The first-order valence-corrected chi connectivity index (χ1v) is 10.5. The monoisotopic (exact) mass is 447 g/mol. The maximum atomic E-state index is 13.2. The Hall–Kier alpha value is -2.29. The first-order valence-electron chi connectivity index (χ1n) is 8.92. The van der Waals surface area contributed by atoms with Gasteiger partial charge in [-0.1, -0.05) is 72.0 Å². The summed E-state index contributed by atoms with van der Waals surface area (Å²) in [4.78, 5) is 27.7. The molecule has 0 radical (unpaired) electrons. The number of halogens is 1. The molecule has 0 bridgehead atoms. The molecule has 29 heavy (non-hydrogen) atoms. The van der Waals surface area contributed by atoms with E-state index in [2.05, 4.69) is 0 Å². The van der Waals surface area contributed by atoms with E-state index in [9.17, 15) is 9.59 Å². The second-order valence-electron chi connectivity index (χ2n) is 7.24. The van der Waals surface area contributed by atoms with Gasteiger partial charge in [0.25, 0.3) is 0 Å². The van der Waals surface area contributed by atoms with E-state index in [0.29, 0.717) is 21.6 Å². The Morgan fingerprint density at radius 2 is 1.86 bits per heavy atom. The first-order chi connectivity index (χ1) is 13.8. The molecule has 150 valence electrons. The number of rotatable bonds is 4. The molecule has 0 amide bonds. The number of thioether (sulfide) groups is 1. The number of hydrogen-bond donors (Lipinski definition) is 0. The van der Waals surface area contributed by atoms with Gasteiger partial charge in [-0.3, -0.25) is 0 Å². The van der Waals surface area contributed by atoms with Crippen molar-refractivity contribution in [2.45, 2.75) is 31.3 Å². The topological polar surface area (TPSA) is 60.4 Å². The molecule has 1 aromatic heterocycles. The first kappa shape index (κ1) is 20.0. The lowest BCUT2D eigenvalue weighted by molar-refractivity contribution is 0.0866. The van der Waals surface area contributed by atoms with Crippen LogP contribution in [-0.2, 0) is 6.54 Å². The minimum Gasteiger partial charge on any atom is -0.328 e. The SMILES string of the molecule is CC1(C)SC(=S)N(Cc2ccccc2)[C@H]1n1oc(=O)n(-c2cccc(Cl)c2)c1=O. The lowest BCUT2D eigenvalue weighted by Crippen LogP contribution is -2.42. The highest BCUT2D eigenvalue weighted by atomic mass is 35.5. The van der Waals surface area contributed by atoms with Gasteiger partial charge in [0.1, 0.15) is 4.32 Å². The molecule has 1 aliphatic heterocycles. The third-order valence-corrected chi connectivity index (χ3v) is 6.59. The number of benzene rings is 2. The lowest BCUT2D eigenvalue weighted by atomic mass is 10.1. The summed E-state index contributed by atoms with van der Waals surface area (Å²) in [6.07, 6.45) is -0.555. The minimum atomic E-state index is -0.768. The van der Waals surface area contributed by atoms with Crippen LogP contribution in [0.5, 0.6) is 0 Å². The van der Waals surface area contributed by atoms with Crippen LogP contribution in [0.1, 0.15) is 25.6 Å². The van der Waals surface area contributed by atoms with Gasteiger partial charge in [-0.2, -0.15) is 4.57 Å². The van der Waals surface area contributed by atoms with Crippen molar-refractivity contribution < 1.29 is 4.52 Å². The highest BCUT2D eigenvalue weighted by Crippen LogP contribution is 2.47. The average Bonchev–Trinajstić information content (AvgIpc) is 3.07. The van der Waals surface area contributed by atoms with Crippen molar-refractivity contribution in [2.75, 3.05) is 0 Å². The molecule has 2 aromatic carbocycles. The van der Waals surface area contributed by atoms with Gasteiger partial charge in [-0.05, 0) is 37.6 Å². The van der Waals surface area contributed by atoms with Crippen LogP contribution in [0.25, 0.3) is 5.69 Å². The van der Waals surface area contributed by atoms with Gasteiger partial charge >= 0.3 is 11.4 Å². The van der Waals surface area contributed by atoms with Crippen LogP contribution in [0.2, 0.25) is 5.02 Å². The molecular weight excluding hydrogens is 430 g/mol. The summed E-state index contributed by atoms with van der Waals surface area (Å²) in [5, 5.41) is 0.421. The van der Waals surface area contributed by atoms with Gasteiger partial charge in [0.05, 0.1) is 10.4 Å². The Labute approximate surface area is 181 Å². The Kier molecular flexibility index (Phi) is 5.18. The van der Waals surface area contributed by atoms with E-state index < -0.39 is 22.4 Å². The highest BCUT2D eigenvalue weighted by Gasteiger charge is 2.48. The lowest BCUT2D eigenvalue weighted by Gasteiger charge is -2.30. The van der Waals surface area contributed by atoms with Crippen molar-refractivity contribution in [1.29, 1.82) is 0 Å². The molecule has 9 heteroatoms. The number of hydrogen-bond acceptors (Lipinski definition) is 5. The largest absolute Gasteiger partial charge is 0.447 e. The quantitative estimate of drug-likeness (QED) is 0.562. The number of nitrogens with zero attached hydrogens (tertiary/aromatic N) is 3. The summed E-state index contributed by atoms with van der Waals surface area (Å²) in [6.45, 7) is 4.45. The van der Waals surface area contributed by atoms with E-state index in [1.54, 1.807) is 24.3 Å². The van der Waals surface area contributed by atoms with Crippen LogP contribution in [0, 0.1) is 0 Å². The zero-order valence-electron chi connectivity index (χ0n) is 15.7. The van der Waals surface area contributed by atoms with Crippen molar-refractivity contribution in [3.8, 4) is 5.69 Å². The van der Waals surface area contributed by atoms with Crippen LogP contribution >= 0.6 is 35.6 Å². The Bertz CT molecular complexity index is 1180. The zero-order valence-corrected chi connectivity index (χ0v) is 18.1. The van der Waals surface area contributed by atoms with Gasteiger partial charge in [-0.25, -0.2) is 9.59 Å².